The largest absolute Gasteiger partial charge is 0.377 e. The van der Waals surface area contributed by atoms with Gasteiger partial charge in [-0.15, -0.1) is 0 Å². The molecule has 2 fully saturated rings. The zero-order valence-corrected chi connectivity index (χ0v) is 15.8. The molecule has 2 aliphatic rings. The van der Waals surface area contributed by atoms with E-state index < -0.39 is 0 Å². The first kappa shape index (κ1) is 17.6. The van der Waals surface area contributed by atoms with E-state index in [1.54, 1.807) is 0 Å². The van der Waals surface area contributed by atoms with Gasteiger partial charge in [0.05, 0.1) is 6.10 Å². The van der Waals surface area contributed by atoms with E-state index in [-0.39, 0.29) is 5.41 Å². The summed E-state index contributed by atoms with van der Waals surface area (Å²) in [4.78, 5) is 6.89. The first-order valence-electron chi connectivity index (χ1n) is 8.81. The maximum atomic E-state index is 5.98. The van der Waals surface area contributed by atoms with Crippen molar-refractivity contribution in [2.24, 2.45) is 16.3 Å². The summed E-state index contributed by atoms with van der Waals surface area (Å²) in [5.74, 6) is 1.57. The number of nitrogens with zero attached hydrogens (tertiary/aromatic N) is 2. The molecule has 1 N–H and O–H groups in total. The Hall–Kier alpha value is -1.26. The molecule has 0 radical (unpaired) electrons. The predicted molar refractivity (Wildman–Crippen MR) is 99.4 cm³/mol. The Balaban J connectivity index is 1.68. The Kier molecular flexibility index (Phi) is 5.07. The normalized spacial score (nSPS) is 28.2. The van der Waals surface area contributed by atoms with Gasteiger partial charge in [-0.2, -0.15) is 0 Å². The molecule has 1 aromatic rings. The highest BCUT2D eigenvalue weighted by atomic mass is 35.5. The van der Waals surface area contributed by atoms with E-state index in [1.807, 2.05) is 12.1 Å². The van der Waals surface area contributed by atoms with Crippen molar-refractivity contribution in [1.29, 1.82) is 0 Å². The molecule has 5 heteroatoms. The van der Waals surface area contributed by atoms with Crippen molar-refractivity contribution in [2.75, 3.05) is 20.2 Å². The molecular formula is C19H28ClN3O. The zero-order valence-electron chi connectivity index (χ0n) is 15.1. The molecular weight excluding hydrogens is 322 g/mol. The number of fused-ring (bicyclic) bond motifs is 1. The van der Waals surface area contributed by atoms with Gasteiger partial charge in [0.15, 0.2) is 5.96 Å². The number of benzene rings is 1. The van der Waals surface area contributed by atoms with Crippen LogP contribution in [0.3, 0.4) is 0 Å². The number of hydrogen-bond donors (Lipinski definition) is 1. The second-order valence-corrected chi connectivity index (χ2v) is 7.90. The van der Waals surface area contributed by atoms with Gasteiger partial charge in [0.25, 0.3) is 0 Å². The number of halogens is 1. The van der Waals surface area contributed by atoms with E-state index >= 15 is 0 Å². The smallest absolute Gasteiger partial charge is 0.194 e. The Labute approximate surface area is 150 Å². The summed E-state index contributed by atoms with van der Waals surface area (Å²) < 4.78 is 5.90. The molecule has 1 aliphatic carbocycles. The number of ether oxygens (including phenoxy) is 1. The molecule has 0 spiro atoms. The summed E-state index contributed by atoms with van der Waals surface area (Å²) in [5, 5.41) is 4.49. The minimum atomic E-state index is 0.150. The van der Waals surface area contributed by atoms with Crippen LogP contribution in [0.5, 0.6) is 0 Å². The Morgan fingerprint density at radius 2 is 2.08 bits per heavy atom. The first-order chi connectivity index (χ1) is 11.4. The number of guanidine groups is 1. The highest BCUT2D eigenvalue weighted by Gasteiger charge is 2.59. The number of rotatable bonds is 4. The molecule has 3 atom stereocenters. The SMILES string of the molecule is CCN=C(NC1C2CCOC2C1(C)C)N(C)Cc1ccc(Cl)cc1. The average molecular weight is 350 g/mol. The van der Waals surface area contributed by atoms with Crippen LogP contribution < -0.4 is 5.32 Å². The van der Waals surface area contributed by atoms with Gasteiger partial charge in [-0.05, 0) is 31.0 Å². The van der Waals surface area contributed by atoms with Crippen LogP contribution in [0.25, 0.3) is 0 Å². The minimum absolute atomic E-state index is 0.150. The van der Waals surface area contributed by atoms with Crippen molar-refractivity contribution >= 4 is 17.6 Å². The molecule has 24 heavy (non-hydrogen) atoms. The standard InChI is InChI=1S/C19H28ClN3O/c1-5-21-18(23(4)12-13-6-8-14(20)9-7-13)22-16-15-10-11-24-17(15)19(16,2)3/h6-9,15-17H,5,10-12H2,1-4H3,(H,21,22). The summed E-state index contributed by atoms with van der Waals surface area (Å²) >= 11 is 5.98. The molecule has 1 aromatic carbocycles. The summed E-state index contributed by atoms with van der Waals surface area (Å²) in [6.45, 7) is 9.12. The number of hydrogen-bond acceptors (Lipinski definition) is 2. The van der Waals surface area contributed by atoms with E-state index in [0.717, 1.165) is 37.1 Å². The Morgan fingerprint density at radius 1 is 1.38 bits per heavy atom. The van der Waals surface area contributed by atoms with Crippen molar-refractivity contribution in [3.63, 3.8) is 0 Å². The van der Waals surface area contributed by atoms with Crippen molar-refractivity contribution in [1.82, 2.24) is 10.2 Å². The highest BCUT2D eigenvalue weighted by Crippen LogP contribution is 2.52. The van der Waals surface area contributed by atoms with Crippen molar-refractivity contribution in [2.45, 2.75) is 45.9 Å². The van der Waals surface area contributed by atoms with Gasteiger partial charge in [0, 0.05) is 49.1 Å². The van der Waals surface area contributed by atoms with E-state index in [4.69, 9.17) is 21.3 Å². The summed E-state index contributed by atoms with van der Waals surface area (Å²) in [5.41, 5.74) is 1.37. The van der Waals surface area contributed by atoms with E-state index in [0.29, 0.717) is 18.1 Å². The monoisotopic (exact) mass is 349 g/mol. The minimum Gasteiger partial charge on any atom is -0.377 e. The first-order valence-corrected chi connectivity index (χ1v) is 9.19. The van der Waals surface area contributed by atoms with Crippen LogP contribution in [0.4, 0.5) is 0 Å². The topological polar surface area (TPSA) is 36.9 Å². The van der Waals surface area contributed by atoms with Crippen molar-refractivity contribution in [3.8, 4) is 0 Å². The fourth-order valence-corrected chi connectivity index (χ4v) is 4.25. The van der Waals surface area contributed by atoms with Crippen LogP contribution in [-0.4, -0.2) is 43.2 Å². The summed E-state index contributed by atoms with van der Waals surface area (Å²) in [6.07, 6.45) is 1.53. The lowest BCUT2D eigenvalue weighted by Crippen LogP contribution is -2.67. The van der Waals surface area contributed by atoms with E-state index in [9.17, 15) is 0 Å². The van der Waals surface area contributed by atoms with E-state index in [1.165, 1.54) is 5.56 Å². The molecule has 1 saturated heterocycles. The second kappa shape index (κ2) is 6.93. The average Bonchev–Trinajstić information content (AvgIpc) is 3.00. The lowest BCUT2D eigenvalue weighted by Gasteiger charge is -2.55. The van der Waals surface area contributed by atoms with Crippen LogP contribution in [-0.2, 0) is 11.3 Å². The Bertz CT molecular complexity index is 599. The molecule has 0 bridgehead atoms. The quantitative estimate of drug-likeness (QED) is 0.667. The molecule has 0 amide bonds. The predicted octanol–water partition coefficient (Wildman–Crippen LogP) is 3.55. The van der Waals surface area contributed by atoms with Gasteiger partial charge in [-0.3, -0.25) is 4.99 Å². The van der Waals surface area contributed by atoms with E-state index in [2.05, 4.69) is 50.2 Å². The summed E-state index contributed by atoms with van der Waals surface area (Å²) in [7, 11) is 2.09. The maximum Gasteiger partial charge on any atom is 0.194 e. The third-order valence-corrected chi connectivity index (χ3v) is 5.64. The van der Waals surface area contributed by atoms with Crippen LogP contribution in [0.15, 0.2) is 29.3 Å². The molecule has 0 aromatic heterocycles. The lowest BCUT2D eigenvalue weighted by molar-refractivity contribution is -0.107. The van der Waals surface area contributed by atoms with Gasteiger partial charge in [-0.1, -0.05) is 37.6 Å². The zero-order chi connectivity index (χ0) is 17.3. The lowest BCUT2D eigenvalue weighted by atomic mass is 9.57. The second-order valence-electron chi connectivity index (χ2n) is 7.47. The third kappa shape index (κ3) is 3.27. The van der Waals surface area contributed by atoms with Crippen LogP contribution in [0.1, 0.15) is 32.8 Å². The summed E-state index contributed by atoms with van der Waals surface area (Å²) in [6, 6.07) is 8.42. The molecule has 3 rings (SSSR count). The van der Waals surface area contributed by atoms with Crippen molar-refractivity contribution in [3.05, 3.63) is 34.9 Å². The number of aliphatic imine (C=N–C) groups is 1. The maximum absolute atomic E-state index is 5.98. The molecule has 1 saturated carbocycles. The molecule has 4 nitrogen and oxygen atoms in total. The number of nitrogens with one attached hydrogen (secondary N) is 1. The van der Waals surface area contributed by atoms with Gasteiger partial charge < -0.3 is 15.0 Å². The van der Waals surface area contributed by atoms with Gasteiger partial charge in [0.2, 0.25) is 0 Å². The molecule has 1 heterocycles. The van der Waals surface area contributed by atoms with Gasteiger partial charge in [-0.25, -0.2) is 0 Å². The van der Waals surface area contributed by atoms with Crippen LogP contribution in [0, 0.1) is 11.3 Å². The highest BCUT2D eigenvalue weighted by molar-refractivity contribution is 6.30. The molecule has 1 aliphatic heterocycles. The van der Waals surface area contributed by atoms with Crippen LogP contribution >= 0.6 is 11.6 Å². The fourth-order valence-electron chi connectivity index (χ4n) is 4.12. The third-order valence-electron chi connectivity index (χ3n) is 5.39. The molecule has 3 unspecified atom stereocenters. The van der Waals surface area contributed by atoms with Crippen LogP contribution in [0.2, 0.25) is 5.02 Å². The molecule has 132 valence electrons. The van der Waals surface area contributed by atoms with Crippen molar-refractivity contribution < 1.29 is 4.74 Å². The van der Waals surface area contributed by atoms with Gasteiger partial charge in [0.1, 0.15) is 0 Å². The fraction of sp³-hybridized carbons (Fsp3) is 0.632. The Morgan fingerprint density at radius 3 is 2.75 bits per heavy atom. The van der Waals surface area contributed by atoms with Gasteiger partial charge >= 0.3 is 0 Å².